The average molecular weight is 188 g/mol. The van der Waals surface area contributed by atoms with E-state index in [4.69, 9.17) is 4.74 Å². The van der Waals surface area contributed by atoms with Crippen LogP contribution in [0.5, 0.6) is 0 Å². The van der Waals surface area contributed by atoms with Gasteiger partial charge in [0.25, 0.3) is 0 Å². The fourth-order valence-electron chi connectivity index (χ4n) is 6.60. The Morgan fingerprint density at radius 2 is 1.71 bits per heavy atom. The number of allylic oxidation sites excluding steroid dienone is 1. The number of rotatable bonds is 2. The van der Waals surface area contributed by atoms with E-state index in [9.17, 15) is 4.79 Å². The van der Waals surface area contributed by atoms with Crippen LogP contribution in [0.3, 0.4) is 0 Å². The third-order valence-corrected chi connectivity index (χ3v) is 6.60. The molecule has 0 radical (unpaired) electrons. The lowest BCUT2D eigenvalue weighted by molar-refractivity contribution is -0.629. The van der Waals surface area contributed by atoms with E-state index in [2.05, 4.69) is 12.7 Å². The van der Waals surface area contributed by atoms with Crippen molar-refractivity contribution in [3.05, 3.63) is 12.7 Å². The summed E-state index contributed by atoms with van der Waals surface area (Å²) in [5.41, 5.74) is 0.565. The lowest BCUT2D eigenvalue weighted by Crippen LogP contribution is -3.10. The van der Waals surface area contributed by atoms with Crippen molar-refractivity contribution < 1.29 is 9.53 Å². The third-order valence-electron chi connectivity index (χ3n) is 6.60. The van der Waals surface area contributed by atoms with Gasteiger partial charge in [0.05, 0.1) is 12.5 Å². The molecule has 0 bridgehead atoms. The minimum absolute atomic E-state index is 0.0412. The van der Waals surface area contributed by atoms with Crippen LogP contribution < -0.4 is 0 Å². The second-order valence-electron chi connectivity index (χ2n) is 5.78. The van der Waals surface area contributed by atoms with Crippen molar-refractivity contribution in [2.45, 2.75) is 0 Å². The van der Waals surface area contributed by atoms with Crippen molar-refractivity contribution in [1.29, 1.82) is 0 Å². The van der Waals surface area contributed by atoms with E-state index in [1.165, 1.54) is 7.11 Å². The van der Waals surface area contributed by atoms with Crippen molar-refractivity contribution in [2.24, 2.45) is 46.3 Å². The van der Waals surface area contributed by atoms with Gasteiger partial charge in [-0.3, -0.25) is 4.79 Å². The van der Waals surface area contributed by atoms with E-state index in [1.54, 1.807) is 0 Å². The number of methoxy groups -OCH3 is 1. The molecule has 6 saturated carbocycles. The summed E-state index contributed by atoms with van der Waals surface area (Å²) in [6.45, 7) is 3.97. The summed E-state index contributed by atoms with van der Waals surface area (Å²) in [5.74, 6) is 4.70. The predicted octanol–water partition coefficient (Wildman–Crippen LogP) is 1.08. The van der Waals surface area contributed by atoms with E-state index in [-0.39, 0.29) is 11.4 Å². The fourth-order valence-corrected chi connectivity index (χ4v) is 6.60. The first-order chi connectivity index (χ1) is 6.77. The molecule has 0 heterocycles. The normalized spacial score (nSPS) is 76.6. The van der Waals surface area contributed by atoms with Gasteiger partial charge in [0.1, 0.15) is 0 Å². The minimum atomic E-state index is 0.0412. The molecule has 0 spiro atoms. The first kappa shape index (κ1) is 6.65. The Morgan fingerprint density at radius 3 is 2.07 bits per heavy atom. The van der Waals surface area contributed by atoms with Crippen molar-refractivity contribution in [2.75, 3.05) is 7.11 Å². The fraction of sp³-hybridized carbons (Fsp3) is 0.750. The van der Waals surface area contributed by atoms with Gasteiger partial charge in [-0.05, 0) is 40.9 Å². The third kappa shape index (κ3) is 0.237. The highest BCUT2D eigenvalue weighted by atomic mass is 16.5. The summed E-state index contributed by atoms with van der Waals surface area (Å²) in [6.07, 6.45) is 2.19. The standard InChI is InChI=1S/C12H12O2/c1-3-11-4-7-5(11)9-6(11)8(4)12(7,9)10(13)14-2/h3-9H,1H2,2H3. The van der Waals surface area contributed by atoms with Gasteiger partial charge < -0.3 is 4.74 Å². The maximum absolute atomic E-state index is 11.7. The van der Waals surface area contributed by atoms with Gasteiger partial charge in [0, 0.05) is 0 Å². The molecular formula is C12H12O2. The molecule has 0 N–H and O–H groups in total. The van der Waals surface area contributed by atoms with Gasteiger partial charge in [-0.1, -0.05) is 6.08 Å². The van der Waals surface area contributed by atoms with E-state index >= 15 is 0 Å². The highest BCUT2D eigenvalue weighted by Crippen LogP contribution is 3.10. The van der Waals surface area contributed by atoms with Crippen molar-refractivity contribution in [3.63, 3.8) is 0 Å². The maximum Gasteiger partial charge on any atom is 0.312 e. The Hall–Kier alpha value is -0.790. The number of carbonyl (C=O) groups excluding carboxylic acids is 1. The van der Waals surface area contributed by atoms with Gasteiger partial charge in [0.2, 0.25) is 0 Å². The Morgan fingerprint density at radius 1 is 1.21 bits per heavy atom. The van der Waals surface area contributed by atoms with Crippen molar-refractivity contribution >= 4 is 5.97 Å². The summed E-state index contributed by atoms with van der Waals surface area (Å²) in [5, 5.41) is 0. The topological polar surface area (TPSA) is 26.3 Å². The number of carbonyl (C=O) groups is 1. The number of ether oxygens (including phenoxy) is 1. The van der Waals surface area contributed by atoms with Gasteiger partial charge in [-0.15, -0.1) is 6.58 Å². The SMILES string of the molecule is C=CC12C3C4C1C1C2C3C41C(=O)OC. The second-order valence-corrected chi connectivity index (χ2v) is 5.78. The van der Waals surface area contributed by atoms with E-state index < -0.39 is 0 Å². The minimum Gasteiger partial charge on any atom is -0.469 e. The molecule has 0 atom stereocenters. The van der Waals surface area contributed by atoms with Crippen LogP contribution in [0.1, 0.15) is 0 Å². The molecular weight excluding hydrogens is 176 g/mol. The summed E-state index contributed by atoms with van der Waals surface area (Å²) >= 11 is 0. The van der Waals surface area contributed by atoms with Gasteiger partial charge in [-0.2, -0.15) is 0 Å². The van der Waals surface area contributed by atoms with E-state index in [0.717, 1.165) is 17.8 Å². The summed E-state index contributed by atoms with van der Waals surface area (Å²) < 4.78 is 4.96. The van der Waals surface area contributed by atoms with Gasteiger partial charge in [0.15, 0.2) is 0 Å². The first-order valence-electron chi connectivity index (χ1n) is 5.50. The average Bonchev–Trinajstić information content (AvgIpc) is 2.27. The highest BCUT2D eigenvalue weighted by Gasteiger charge is 3.11. The summed E-state index contributed by atoms with van der Waals surface area (Å²) in [4.78, 5) is 11.7. The van der Waals surface area contributed by atoms with Crippen LogP contribution in [-0.4, -0.2) is 13.1 Å². The molecule has 2 heteroatoms. The molecule has 6 aliphatic rings. The molecule has 0 amide bonds. The summed E-state index contributed by atoms with van der Waals surface area (Å²) in [6, 6.07) is 0. The van der Waals surface area contributed by atoms with Crippen molar-refractivity contribution in [1.82, 2.24) is 0 Å². The lowest BCUT2D eigenvalue weighted by atomic mass is 8.92. The van der Waals surface area contributed by atoms with Crippen molar-refractivity contribution in [3.8, 4) is 0 Å². The zero-order valence-electron chi connectivity index (χ0n) is 8.07. The molecule has 2 nitrogen and oxygen atoms in total. The molecule has 0 aliphatic heterocycles. The Bertz CT molecular complexity index is 368. The predicted molar refractivity (Wildman–Crippen MR) is 48.0 cm³/mol. The van der Waals surface area contributed by atoms with Crippen LogP contribution in [0.15, 0.2) is 12.7 Å². The molecule has 0 saturated heterocycles. The lowest BCUT2D eigenvalue weighted by Gasteiger charge is -3.10. The van der Waals surface area contributed by atoms with Crippen LogP contribution >= 0.6 is 0 Å². The van der Waals surface area contributed by atoms with Crippen LogP contribution in [-0.2, 0) is 9.53 Å². The van der Waals surface area contributed by atoms with Crippen LogP contribution in [0.4, 0.5) is 0 Å². The molecule has 6 fully saturated rings. The molecule has 0 aromatic rings. The molecule has 0 aromatic carbocycles. The zero-order chi connectivity index (χ0) is 9.46. The molecule has 0 unspecified atom stereocenters. The number of esters is 1. The molecule has 6 aliphatic carbocycles. The smallest absolute Gasteiger partial charge is 0.312 e. The largest absolute Gasteiger partial charge is 0.469 e. The zero-order valence-corrected chi connectivity index (χ0v) is 8.07. The Kier molecular flexibility index (Phi) is 0.623. The molecule has 6 rings (SSSR count). The molecule has 0 aromatic heterocycles. The summed E-state index contributed by atoms with van der Waals surface area (Å²) in [7, 11) is 1.53. The van der Waals surface area contributed by atoms with Gasteiger partial charge >= 0.3 is 5.97 Å². The van der Waals surface area contributed by atoms with E-state index in [1.807, 2.05) is 0 Å². The maximum atomic E-state index is 11.7. The highest BCUT2D eigenvalue weighted by molar-refractivity contribution is 5.88. The number of hydrogen-bond donors (Lipinski definition) is 0. The van der Waals surface area contributed by atoms with Crippen LogP contribution in [0.2, 0.25) is 0 Å². The van der Waals surface area contributed by atoms with Gasteiger partial charge in [-0.25, -0.2) is 0 Å². The second kappa shape index (κ2) is 1.31. The van der Waals surface area contributed by atoms with E-state index in [0.29, 0.717) is 23.2 Å². The van der Waals surface area contributed by atoms with Crippen LogP contribution in [0, 0.1) is 46.3 Å². The van der Waals surface area contributed by atoms with Crippen LogP contribution in [0.25, 0.3) is 0 Å². The quantitative estimate of drug-likeness (QED) is 0.479. The Labute approximate surface area is 82.3 Å². The number of hydrogen-bond acceptors (Lipinski definition) is 2. The molecule has 14 heavy (non-hydrogen) atoms. The first-order valence-corrected chi connectivity index (χ1v) is 5.50. The Balaban J connectivity index is 1.62. The monoisotopic (exact) mass is 188 g/mol. The molecule has 72 valence electrons.